The molecule has 0 spiro atoms. The number of aromatic amines is 1. The lowest BCUT2D eigenvalue weighted by molar-refractivity contribution is 1.03. The van der Waals surface area contributed by atoms with Gasteiger partial charge >= 0.3 is 5.69 Å². The zero-order valence-corrected chi connectivity index (χ0v) is 8.95. The molecule has 2 rings (SSSR count). The van der Waals surface area contributed by atoms with Crippen LogP contribution in [0.25, 0.3) is 10.6 Å². The summed E-state index contributed by atoms with van der Waals surface area (Å²) in [7, 11) is 0. The van der Waals surface area contributed by atoms with E-state index < -0.39 is 0 Å². The Bertz CT molecular complexity index is 518. The Balaban J connectivity index is 2.56. The third-order valence-electron chi connectivity index (χ3n) is 1.70. The summed E-state index contributed by atoms with van der Waals surface area (Å²) < 4.78 is 0.694. The van der Waals surface area contributed by atoms with Crippen molar-refractivity contribution >= 4 is 22.9 Å². The summed E-state index contributed by atoms with van der Waals surface area (Å²) in [4.78, 5) is 18.5. The Morgan fingerprint density at radius 2 is 2.29 bits per heavy atom. The number of H-pyrrole nitrogens is 1. The molecule has 0 aliphatic rings. The Morgan fingerprint density at radius 3 is 2.86 bits per heavy atom. The average Bonchev–Trinajstić information content (AvgIpc) is 2.50. The van der Waals surface area contributed by atoms with E-state index in [-0.39, 0.29) is 5.69 Å². The van der Waals surface area contributed by atoms with Crippen molar-refractivity contribution in [1.82, 2.24) is 9.97 Å². The van der Waals surface area contributed by atoms with Gasteiger partial charge in [0.25, 0.3) is 0 Å². The molecule has 0 radical (unpaired) electrons. The van der Waals surface area contributed by atoms with Gasteiger partial charge in [-0.05, 0) is 25.1 Å². The summed E-state index contributed by atoms with van der Waals surface area (Å²) in [5.41, 5.74) is 1.14. The van der Waals surface area contributed by atoms with Crippen LogP contribution in [0.2, 0.25) is 4.34 Å². The number of thiophene rings is 1. The van der Waals surface area contributed by atoms with Crippen LogP contribution in [0, 0.1) is 6.92 Å². The molecule has 0 unspecified atom stereocenters. The average molecular weight is 227 g/mol. The van der Waals surface area contributed by atoms with E-state index in [1.54, 1.807) is 6.07 Å². The number of hydrogen-bond acceptors (Lipinski definition) is 3. The van der Waals surface area contributed by atoms with Crippen LogP contribution in [-0.2, 0) is 0 Å². The fourth-order valence-electron chi connectivity index (χ4n) is 1.16. The molecule has 0 fully saturated rings. The maximum absolute atomic E-state index is 11.1. The molecule has 0 amide bonds. The van der Waals surface area contributed by atoms with Gasteiger partial charge < -0.3 is 4.98 Å². The van der Waals surface area contributed by atoms with Crippen molar-refractivity contribution in [2.45, 2.75) is 6.92 Å². The van der Waals surface area contributed by atoms with Gasteiger partial charge in [-0.3, -0.25) is 0 Å². The molecule has 2 heterocycles. The number of aromatic nitrogens is 2. The maximum Gasteiger partial charge on any atom is 0.345 e. The van der Waals surface area contributed by atoms with E-state index in [0.29, 0.717) is 10.0 Å². The summed E-state index contributed by atoms with van der Waals surface area (Å²) in [5.74, 6) is 0. The van der Waals surface area contributed by atoms with Crippen LogP contribution >= 0.6 is 22.9 Å². The lowest BCUT2D eigenvalue weighted by atomic mass is 10.3. The number of nitrogens with zero attached hydrogens (tertiary/aromatic N) is 1. The molecule has 2 aromatic rings. The van der Waals surface area contributed by atoms with Gasteiger partial charge in [0.05, 0.1) is 14.9 Å². The minimum absolute atomic E-state index is 0.329. The predicted octanol–water partition coefficient (Wildman–Crippen LogP) is 2.46. The van der Waals surface area contributed by atoms with E-state index in [1.807, 2.05) is 19.1 Å². The van der Waals surface area contributed by atoms with Gasteiger partial charge in [-0.2, -0.15) is 4.98 Å². The zero-order chi connectivity index (χ0) is 10.1. The van der Waals surface area contributed by atoms with Gasteiger partial charge in [0, 0.05) is 5.69 Å². The summed E-state index contributed by atoms with van der Waals surface area (Å²) in [6.07, 6.45) is 0. The van der Waals surface area contributed by atoms with Crippen molar-refractivity contribution in [2.75, 3.05) is 0 Å². The second-order valence-electron chi connectivity index (χ2n) is 2.86. The van der Waals surface area contributed by atoms with Gasteiger partial charge in [0.15, 0.2) is 0 Å². The monoisotopic (exact) mass is 226 g/mol. The normalized spacial score (nSPS) is 10.4. The van der Waals surface area contributed by atoms with E-state index in [1.165, 1.54) is 11.3 Å². The van der Waals surface area contributed by atoms with Crippen LogP contribution in [0.5, 0.6) is 0 Å². The predicted molar refractivity (Wildman–Crippen MR) is 57.9 cm³/mol. The van der Waals surface area contributed by atoms with E-state index in [0.717, 1.165) is 10.6 Å². The molecule has 0 aromatic carbocycles. The molecule has 0 bridgehead atoms. The fourth-order valence-corrected chi connectivity index (χ4v) is 2.16. The molecular formula is C9H7ClN2OS. The van der Waals surface area contributed by atoms with Crippen molar-refractivity contribution in [3.8, 4) is 10.6 Å². The zero-order valence-electron chi connectivity index (χ0n) is 7.37. The van der Waals surface area contributed by atoms with Crippen LogP contribution in [0.4, 0.5) is 0 Å². The molecule has 3 nitrogen and oxygen atoms in total. The summed E-state index contributed by atoms with van der Waals surface area (Å²) >= 11 is 7.20. The van der Waals surface area contributed by atoms with Crippen LogP contribution in [-0.4, -0.2) is 9.97 Å². The summed E-state index contributed by atoms with van der Waals surface area (Å²) in [6.45, 7) is 1.82. The largest absolute Gasteiger partial charge is 0.345 e. The molecule has 0 aliphatic carbocycles. The Labute approximate surface area is 89.4 Å². The smallest absolute Gasteiger partial charge is 0.310 e. The lowest BCUT2D eigenvalue weighted by Gasteiger charge is -1.96. The van der Waals surface area contributed by atoms with Crippen molar-refractivity contribution in [1.29, 1.82) is 0 Å². The number of hydrogen-bond donors (Lipinski definition) is 1. The van der Waals surface area contributed by atoms with Crippen LogP contribution in [0.1, 0.15) is 5.69 Å². The van der Waals surface area contributed by atoms with Gasteiger partial charge in [-0.15, -0.1) is 11.3 Å². The van der Waals surface area contributed by atoms with Crippen molar-refractivity contribution in [3.05, 3.63) is 38.7 Å². The second-order valence-corrected chi connectivity index (χ2v) is 4.57. The Kier molecular flexibility index (Phi) is 2.39. The first-order chi connectivity index (χ1) is 6.65. The highest BCUT2D eigenvalue weighted by molar-refractivity contribution is 7.19. The standard InChI is InChI=1S/C9H7ClN2OS/c1-5-4-6(12-9(13)11-5)7-2-3-8(10)14-7/h2-4H,1H3,(H,11,12,13). The van der Waals surface area contributed by atoms with Gasteiger partial charge in [-0.25, -0.2) is 4.79 Å². The molecule has 5 heteroatoms. The first kappa shape index (κ1) is 9.43. The summed E-state index contributed by atoms with van der Waals surface area (Å²) in [6, 6.07) is 5.47. The number of nitrogens with one attached hydrogen (secondary N) is 1. The van der Waals surface area contributed by atoms with E-state index in [2.05, 4.69) is 9.97 Å². The molecule has 0 saturated heterocycles. The van der Waals surface area contributed by atoms with Crippen LogP contribution in [0.3, 0.4) is 0 Å². The number of halogens is 1. The van der Waals surface area contributed by atoms with Crippen LogP contribution in [0.15, 0.2) is 23.0 Å². The molecule has 72 valence electrons. The lowest BCUT2D eigenvalue weighted by Crippen LogP contribution is -2.11. The van der Waals surface area contributed by atoms with Gasteiger partial charge in [0.1, 0.15) is 0 Å². The molecule has 2 aromatic heterocycles. The van der Waals surface area contributed by atoms with E-state index in [9.17, 15) is 4.79 Å². The van der Waals surface area contributed by atoms with Crippen molar-refractivity contribution < 1.29 is 0 Å². The van der Waals surface area contributed by atoms with Gasteiger partial charge in [0.2, 0.25) is 0 Å². The van der Waals surface area contributed by atoms with Crippen LogP contribution < -0.4 is 5.69 Å². The Hall–Kier alpha value is -1.13. The molecule has 1 N–H and O–H groups in total. The van der Waals surface area contributed by atoms with Crippen molar-refractivity contribution in [2.24, 2.45) is 0 Å². The SMILES string of the molecule is Cc1cc(-c2ccc(Cl)s2)nc(=O)[nH]1. The molecule has 0 aliphatic heterocycles. The second kappa shape index (κ2) is 3.55. The topological polar surface area (TPSA) is 45.8 Å². The highest BCUT2D eigenvalue weighted by atomic mass is 35.5. The molecule has 0 atom stereocenters. The third-order valence-corrected chi connectivity index (χ3v) is 2.96. The number of aryl methyl sites for hydroxylation is 1. The van der Waals surface area contributed by atoms with Crippen molar-refractivity contribution in [3.63, 3.8) is 0 Å². The molecular weight excluding hydrogens is 220 g/mol. The molecule has 0 saturated carbocycles. The first-order valence-electron chi connectivity index (χ1n) is 3.99. The maximum atomic E-state index is 11.1. The Morgan fingerprint density at radius 1 is 1.50 bits per heavy atom. The minimum Gasteiger partial charge on any atom is -0.310 e. The van der Waals surface area contributed by atoms with Gasteiger partial charge in [-0.1, -0.05) is 11.6 Å². The number of rotatable bonds is 1. The fraction of sp³-hybridized carbons (Fsp3) is 0.111. The highest BCUT2D eigenvalue weighted by Gasteiger charge is 2.04. The highest BCUT2D eigenvalue weighted by Crippen LogP contribution is 2.29. The molecule has 14 heavy (non-hydrogen) atoms. The summed E-state index contributed by atoms with van der Waals surface area (Å²) in [5, 5.41) is 0. The van der Waals surface area contributed by atoms with E-state index in [4.69, 9.17) is 11.6 Å². The quantitative estimate of drug-likeness (QED) is 0.812. The third kappa shape index (κ3) is 1.86. The minimum atomic E-state index is -0.329. The first-order valence-corrected chi connectivity index (χ1v) is 5.18. The van der Waals surface area contributed by atoms with E-state index >= 15 is 0 Å².